The van der Waals surface area contributed by atoms with Crippen molar-refractivity contribution in [2.75, 3.05) is 11.9 Å². The van der Waals surface area contributed by atoms with Crippen LogP contribution in [0, 0.1) is 11.3 Å². The maximum atomic E-state index is 11.0. The largest absolute Gasteiger partial charge is 0.299 e. The molecule has 1 amide bonds. The normalized spacial score (nSPS) is 9.00. The predicted molar refractivity (Wildman–Crippen MR) is 48.0 cm³/mol. The number of carbonyl (C=O) groups is 1. The van der Waals surface area contributed by atoms with E-state index in [1.807, 2.05) is 6.07 Å². The van der Waals surface area contributed by atoms with Gasteiger partial charge in [-0.05, 0) is 12.1 Å². The summed E-state index contributed by atoms with van der Waals surface area (Å²) in [4.78, 5) is 16.3. The number of hydrogen-bond donors (Lipinski definition) is 0. The molecule has 0 aromatic carbocycles. The van der Waals surface area contributed by atoms with Gasteiger partial charge in [0.05, 0.1) is 5.56 Å². The first-order valence-corrected chi connectivity index (χ1v) is 3.76. The lowest BCUT2D eigenvalue weighted by Gasteiger charge is -2.14. The molecular formula is C9H9N3O. The van der Waals surface area contributed by atoms with Crippen LogP contribution in [0.15, 0.2) is 18.3 Å². The number of amides is 1. The SMILES string of the molecule is CC(=O)N(C)c1ncccc1C#N. The molecule has 1 rings (SSSR count). The second-order valence-electron chi connectivity index (χ2n) is 2.56. The average Bonchev–Trinajstić information content (AvgIpc) is 2.16. The van der Waals surface area contributed by atoms with Crippen LogP contribution in [-0.4, -0.2) is 17.9 Å². The van der Waals surface area contributed by atoms with Crippen molar-refractivity contribution < 1.29 is 4.79 Å². The Morgan fingerprint density at radius 1 is 1.69 bits per heavy atom. The summed E-state index contributed by atoms with van der Waals surface area (Å²) >= 11 is 0. The summed E-state index contributed by atoms with van der Waals surface area (Å²) in [5.74, 6) is 0.257. The highest BCUT2D eigenvalue weighted by molar-refractivity contribution is 5.91. The monoisotopic (exact) mass is 175 g/mol. The van der Waals surface area contributed by atoms with Gasteiger partial charge in [0.15, 0.2) is 5.82 Å². The quantitative estimate of drug-likeness (QED) is 0.638. The van der Waals surface area contributed by atoms with Crippen LogP contribution in [0.1, 0.15) is 12.5 Å². The van der Waals surface area contributed by atoms with E-state index >= 15 is 0 Å². The van der Waals surface area contributed by atoms with Gasteiger partial charge in [0.25, 0.3) is 0 Å². The molecule has 0 saturated carbocycles. The molecule has 0 bridgehead atoms. The first kappa shape index (κ1) is 9.20. The van der Waals surface area contributed by atoms with E-state index < -0.39 is 0 Å². The molecule has 0 atom stereocenters. The second kappa shape index (κ2) is 3.68. The Labute approximate surface area is 76.4 Å². The lowest BCUT2D eigenvalue weighted by atomic mass is 10.2. The number of hydrogen-bond acceptors (Lipinski definition) is 3. The Kier molecular flexibility index (Phi) is 2.60. The van der Waals surface area contributed by atoms with E-state index in [9.17, 15) is 4.79 Å². The van der Waals surface area contributed by atoms with E-state index in [-0.39, 0.29) is 5.91 Å². The highest BCUT2D eigenvalue weighted by Gasteiger charge is 2.10. The number of carbonyl (C=O) groups excluding carboxylic acids is 1. The molecule has 0 aliphatic rings. The molecule has 0 spiro atoms. The fraction of sp³-hybridized carbons (Fsp3) is 0.222. The number of aromatic nitrogens is 1. The minimum absolute atomic E-state index is 0.143. The van der Waals surface area contributed by atoms with Gasteiger partial charge < -0.3 is 0 Å². The molecule has 0 unspecified atom stereocenters. The van der Waals surface area contributed by atoms with Crippen molar-refractivity contribution in [1.29, 1.82) is 5.26 Å². The van der Waals surface area contributed by atoms with Crippen molar-refractivity contribution >= 4 is 11.7 Å². The smallest absolute Gasteiger partial charge is 0.224 e. The molecule has 0 aliphatic heterocycles. The fourth-order valence-corrected chi connectivity index (χ4v) is 0.901. The van der Waals surface area contributed by atoms with E-state index in [0.29, 0.717) is 11.4 Å². The van der Waals surface area contributed by atoms with Gasteiger partial charge in [-0.25, -0.2) is 4.98 Å². The van der Waals surface area contributed by atoms with Gasteiger partial charge >= 0.3 is 0 Å². The minimum Gasteiger partial charge on any atom is -0.299 e. The van der Waals surface area contributed by atoms with Crippen LogP contribution in [0.3, 0.4) is 0 Å². The van der Waals surface area contributed by atoms with Gasteiger partial charge in [-0.3, -0.25) is 9.69 Å². The summed E-state index contributed by atoms with van der Waals surface area (Å²) in [6.45, 7) is 1.43. The molecule has 4 nitrogen and oxygen atoms in total. The summed E-state index contributed by atoms with van der Waals surface area (Å²) < 4.78 is 0. The molecule has 0 saturated heterocycles. The summed E-state index contributed by atoms with van der Waals surface area (Å²) in [6, 6.07) is 5.26. The van der Waals surface area contributed by atoms with Gasteiger partial charge in [0.2, 0.25) is 5.91 Å². The number of rotatable bonds is 1. The third kappa shape index (κ3) is 1.82. The van der Waals surface area contributed by atoms with Crippen LogP contribution >= 0.6 is 0 Å². The van der Waals surface area contributed by atoms with E-state index in [0.717, 1.165) is 0 Å². The van der Waals surface area contributed by atoms with Gasteiger partial charge in [0, 0.05) is 20.2 Å². The topological polar surface area (TPSA) is 57.0 Å². The standard InChI is InChI=1S/C9H9N3O/c1-7(13)12(2)9-8(6-10)4-3-5-11-9/h3-5H,1-2H3. The van der Waals surface area contributed by atoms with E-state index in [4.69, 9.17) is 5.26 Å². The first-order chi connectivity index (χ1) is 6.16. The van der Waals surface area contributed by atoms with Crippen molar-refractivity contribution in [3.05, 3.63) is 23.9 Å². The summed E-state index contributed by atoms with van der Waals surface area (Å²) in [5.41, 5.74) is 0.403. The van der Waals surface area contributed by atoms with Crippen LogP contribution in [0.2, 0.25) is 0 Å². The molecule has 1 heterocycles. The molecular weight excluding hydrogens is 166 g/mol. The fourth-order valence-electron chi connectivity index (χ4n) is 0.901. The predicted octanol–water partition coefficient (Wildman–Crippen LogP) is 0.936. The zero-order valence-corrected chi connectivity index (χ0v) is 7.48. The zero-order chi connectivity index (χ0) is 9.84. The highest BCUT2D eigenvalue weighted by Crippen LogP contribution is 2.13. The molecule has 13 heavy (non-hydrogen) atoms. The van der Waals surface area contributed by atoms with E-state index in [1.165, 1.54) is 11.8 Å². The van der Waals surface area contributed by atoms with Crippen molar-refractivity contribution in [1.82, 2.24) is 4.98 Å². The molecule has 0 fully saturated rings. The maximum absolute atomic E-state index is 11.0. The Morgan fingerprint density at radius 2 is 2.38 bits per heavy atom. The third-order valence-electron chi connectivity index (χ3n) is 1.70. The summed E-state index contributed by atoms with van der Waals surface area (Å²) in [5, 5.41) is 8.72. The molecule has 1 aromatic heterocycles. The lowest BCUT2D eigenvalue weighted by Crippen LogP contribution is -2.24. The Bertz CT molecular complexity index is 367. The van der Waals surface area contributed by atoms with Crippen molar-refractivity contribution in [2.24, 2.45) is 0 Å². The second-order valence-corrected chi connectivity index (χ2v) is 2.56. The van der Waals surface area contributed by atoms with Gasteiger partial charge in [0.1, 0.15) is 6.07 Å². The van der Waals surface area contributed by atoms with Crippen LogP contribution in [0.25, 0.3) is 0 Å². The van der Waals surface area contributed by atoms with Crippen LogP contribution in [0.5, 0.6) is 0 Å². The van der Waals surface area contributed by atoms with Gasteiger partial charge in [-0.1, -0.05) is 0 Å². The molecule has 66 valence electrons. The Hall–Kier alpha value is -1.89. The summed E-state index contributed by atoms with van der Waals surface area (Å²) in [7, 11) is 1.59. The van der Waals surface area contributed by atoms with Crippen molar-refractivity contribution in [3.8, 4) is 6.07 Å². The van der Waals surface area contributed by atoms with Gasteiger partial charge in [-0.2, -0.15) is 5.26 Å². The number of nitrogens with zero attached hydrogens (tertiary/aromatic N) is 3. The first-order valence-electron chi connectivity index (χ1n) is 3.76. The molecule has 1 aromatic rings. The Morgan fingerprint density at radius 3 is 2.92 bits per heavy atom. The highest BCUT2D eigenvalue weighted by atomic mass is 16.2. The van der Waals surface area contributed by atoms with Crippen molar-refractivity contribution in [3.63, 3.8) is 0 Å². The molecule has 0 N–H and O–H groups in total. The third-order valence-corrected chi connectivity index (χ3v) is 1.70. The van der Waals surface area contributed by atoms with Crippen LogP contribution < -0.4 is 4.90 Å². The minimum atomic E-state index is -0.143. The van der Waals surface area contributed by atoms with E-state index in [1.54, 1.807) is 25.4 Å². The molecule has 4 heteroatoms. The number of pyridine rings is 1. The number of nitriles is 1. The van der Waals surface area contributed by atoms with Crippen LogP contribution in [0.4, 0.5) is 5.82 Å². The summed E-state index contributed by atoms with van der Waals surface area (Å²) in [6.07, 6.45) is 1.55. The lowest BCUT2D eigenvalue weighted by molar-refractivity contribution is -0.116. The maximum Gasteiger partial charge on any atom is 0.224 e. The van der Waals surface area contributed by atoms with Crippen molar-refractivity contribution in [2.45, 2.75) is 6.92 Å². The van der Waals surface area contributed by atoms with Gasteiger partial charge in [-0.15, -0.1) is 0 Å². The molecule has 0 radical (unpaired) electrons. The van der Waals surface area contributed by atoms with E-state index in [2.05, 4.69) is 4.98 Å². The van der Waals surface area contributed by atoms with Crippen LogP contribution in [-0.2, 0) is 4.79 Å². The average molecular weight is 175 g/mol. The zero-order valence-electron chi connectivity index (χ0n) is 7.48. The molecule has 0 aliphatic carbocycles. The Balaban J connectivity index is 3.15. The number of anilines is 1.